The lowest BCUT2D eigenvalue weighted by molar-refractivity contribution is -0.188. The molecule has 2 amide bonds. The van der Waals surface area contributed by atoms with E-state index < -0.39 is 12.1 Å². The molecule has 1 saturated carbocycles. The molecular formula is C12H15NO4. The van der Waals surface area contributed by atoms with Crippen molar-refractivity contribution in [2.45, 2.75) is 38.3 Å². The van der Waals surface area contributed by atoms with Crippen molar-refractivity contribution in [2.24, 2.45) is 5.92 Å². The van der Waals surface area contributed by atoms with Gasteiger partial charge in [0, 0.05) is 0 Å². The van der Waals surface area contributed by atoms with Crippen molar-refractivity contribution in [3.8, 4) is 0 Å². The fourth-order valence-corrected chi connectivity index (χ4v) is 2.24. The van der Waals surface area contributed by atoms with Gasteiger partial charge in [0.25, 0.3) is 5.91 Å². The van der Waals surface area contributed by atoms with E-state index >= 15 is 0 Å². The van der Waals surface area contributed by atoms with E-state index in [0.29, 0.717) is 0 Å². The summed E-state index contributed by atoms with van der Waals surface area (Å²) in [5.74, 6) is -1.18. The zero-order valence-electron chi connectivity index (χ0n) is 9.55. The molecule has 0 aromatic rings. The summed E-state index contributed by atoms with van der Waals surface area (Å²) >= 11 is 0. The van der Waals surface area contributed by atoms with Crippen LogP contribution < -0.4 is 0 Å². The van der Waals surface area contributed by atoms with Crippen LogP contribution in [0.5, 0.6) is 0 Å². The summed E-state index contributed by atoms with van der Waals surface area (Å²) in [6.45, 7) is 3.31. The number of carbonyl (C=O) groups excluding carboxylic acids is 3. The third-order valence-electron chi connectivity index (χ3n) is 3.26. The summed E-state index contributed by atoms with van der Waals surface area (Å²) in [6.07, 6.45) is 4.19. The first-order valence-electron chi connectivity index (χ1n) is 5.82. The number of β-lactam (4-membered cyclic amide) rings is 1. The molecule has 1 heterocycles. The minimum absolute atomic E-state index is 0.0635. The number of rotatable bonds is 3. The first kappa shape index (κ1) is 11.8. The molecule has 1 aliphatic heterocycles. The van der Waals surface area contributed by atoms with Gasteiger partial charge in [-0.05, 0) is 18.9 Å². The Morgan fingerprint density at radius 3 is 2.53 bits per heavy atom. The second kappa shape index (κ2) is 4.69. The van der Waals surface area contributed by atoms with Crippen molar-refractivity contribution in [3.63, 3.8) is 0 Å². The maximum absolute atomic E-state index is 11.7. The van der Waals surface area contributed by atoms with Crippen LogP contribution in [0.15, 0.2) is 12.7 Å². The molecule has 2 fully saturated rings. The molecule has 0 aromatic heterocycles. The molecule has 0 bridgehead atoms. The van der Waals surface area contributed by atoms with Crippen LogP contribution in [0.25, 0.3) is 0 Å². The average Bonchev–Trinajstić information content (AvgIpc) is 2.81. The lowest BCUT2D eigenvalue weighted by Gasteiger charge is -2.37. The van der Waals surface area contributed by atoms with E-state index in [1.807, 2.05) is 0 Å². The van der Waals surface area contributed by atoms with Crippen molar-refractivity contribution in [2.75, 3.05) is 0 Å². The second-order valence-electron chi connectivity index (χ2n) is 4.38. The third-order valence-corrected chi connectivity index (χ3v) is 3.26. The number of imide groups is 1. The zero-order valence-corrected chi connectivity index (χ0v) is 9.55. The minimum atomic E-state index is -0.721. The fourth-order valence-electron chi connectivity index (χ4n) is 2.24. The Morgan fingerprint density at radius 2 is 2.00 bits per heavy atom. The highest BCUT2D eigenvalue weighted by molar-refractivity contribution is 6.04. The summed E-state index contributed by atoms with van der Waals surface area (Å²) in [5.41, 5.74) is 0. The number of hydrogen-bond donors (Lipinski definition) is 0. The molecule has 92 valence electrons. The van der Waals surface area contributed by atoms with Crippen LogP contribution in [0, 0.1) is 5.92 Å². The van der Waals surface area contributed by atoms with Crippen LogP contribution in [0.1, 0.15) is 32.1 Å². The van der Waals surface area contributed by atoms with Gasteiger partial charge in [-0.25, -0.2) is 4.90 Å². The number of esters is 1. The van der Waals surface area contributed by atoms with Gasteiger partial charge in [0.15, 0.2) is 6.23 Å². The number of likely N-dealkylation sites (tertiary alicyclic amines) is 1. The van der Waals surface area contributed by atoms with E-state index in [0.717, 1.165) is 36.7 Å². The Labute approximate surface area is 99.4 Å². The predicted octanol–water partition coefficient (Wildman–Crippen LogP) is 0.991. The van der Waals surface area contributed by atoms with E-state index in [1.165, 1.54) is 0 Å². The Balaban J connectivity index is 1.90. The Kier molecular flexibility index (Phi) is 3.26. The fraction of sp³-hybridized carbons (Fsp3) is 0.583. The van der Waals surface area contributed by atoms with Crippen molar-refractivity contribution in [3.05, 3.63) is 12.7 Å². The van der Waals surface area contributed by atoms with Crippen LogP contribution in [0.3, 0.4) is 0 Å². The van der Waals surface area contributed by atoms with Gasteiger partial charge in [0.2, 0.25) is 5.91 Å². The average molecular weight is 237 g/mol. The molecule has 17 heavy (non-hydrogen) atoms. The molecule has 2 rings (SSSR count). The van der Waals surface area contributed by atoms with Gasteiger partial charge in [0.1, 0.15) is 0 Å². The van der Waals surface area contributed by atoms with E-state index in [4.69, 9.17) is 4.74 Å². The highest BCUT2D eigenvalue weighted by atomic mass is 16.6. The minimum Gasteiger partial charge on any atom is -0.440 e. The van der Waals surface area contributed by atoms with E-state index in [9.17, 15) is 14.4 Å². The number of amides is 2. The van der Waals surface area contributed by atoms with Gasteiger partial charge in [-0.2, -0.15) is 0 Å². The van der Waals surface area contributed by atoms with Crippen LogP contribution >= 0.6 is 0 Å². The lowest BCUT2D eigenvalue weighted by atomic mass is 10.1. The van der Waals surface area contributed by atoms with E-state index in [2.05, 4.69) is 6.58 Å². The standard InChI is InChI=1S/C12H15NO4/c1-2-9(14)13-10(15)7-11(13)17-12(16)8-5-3-4-6-8/h2,8,11H,1,3-7H2. The van der Waals surface area contributed by atoms with Crippen molar-refractivity contribution in [1.82, 2.24) is 4.90 Å². The summed E-state index contributed by atoms with van der Waals surface area (Å²) in [6, 6.07) is 0. The number of carbonyl (C=O) groups is 3. The molecule has 0 radical (unpaired) electrons. The second-order valence-corrected chi connectivity index (χ2v) is 4.38. The molecule has 0 spiro atoms. The molecular weight excluding hydrogens is 222 g/mol. The lowest BCUT2D eigenvalue weighted by Crippen LogP contribution is -2.57. The highest BCUT2D eigenvalue weighted by Crippen LogP contribution is 2.28. The summed E-state index contributed by atoms with van der Waals surface area (Å²) in [5, 5.41) is 0. The quantitative estimate of drug-likeness (QED) is 0.417. The summed E-state index contributed by atoms with van der Waals surface area (Å²) in [7, 11) is 0. The maximum Gasteiger partial charge on any atom is 0.310 e. The first-order valence-corrected chi connectivity index (χ1v) is 5.82. The van der Waals surface area contributed by atoms with Gasteiger partial charge < -0.3 is 4.74 Å². The smallest absolute Gasteiger partial charge is 0.310 e. The van der Waals surface area contributed by atoms with Crippen LogP contribution in [-0.4, -0.2) is 28.9 Å². The molecule has 1 atom stereocenters. The largest absolute Gasteiger partial charge is 0.440 e. The van der Waals surface area contributed by atoms with Gasteiger partial charge in [-0.15, -0.1) is 0 Å². The zero-order chi connectivity index (χ0) is 12.4. The van der Waals surface area contributed by atoms with Gasteiger partial charge >= 0.3 is 5.97 Å². The Bertz CT molecular complexity index is 371. The van der Waals surface area contributed by atoms with Crippen LogP contribution in [0.4, 0.5) is 0 Å². The van der Waals surface area contributed by atoms with Crippen molar-refractivity contribution < 1.29 is 19.1 Å². The van der Waals surface area contributed by atoms with Crippen molar-refractivity contribution >= 4 is 17.8 Å². The van der Waals surface area contributed by atoms with Crippen LogP contribution in [0.2, 0.25) is 0 Å². The maximum atomic E-state index is 11.7. The SMILES string of the molecule is C=CC(=O)N1C(=O)CC1OC(=O)C1CCCC1. The van der Waals surface area contributed by atoms with Gasteiger partial charge in [-0.1, -0.05) is 19.4 Å². The topological polar surface area (TPSA) is 63.7 Å². The first-order chi connectivity index (χ1) is 8.13. The van der Waals surface area contributed by atoms with Gasteiger partial charge in [-0.3, -0.25) is 14.4 Å². The van der Waals surface area contributed by atoms with Crippen LogP contribution in [-0.2, 0) is 19.1 Å². The Hall–Kier alpha value is -1.65. The molecule has 1 aliphatic carbocycles. The molecule has 1 saturated heterocycles. The Morgan fingerprint density at radius 1 is 1.35 bits per heavy atom. The van der Waals surface area contributed by atoms with Gasteiger partial charge in [0.05, 0.1) is 12.3 Å². The summed E-state index contributed by atoms with van der Waals surface area (Å²) < 4.78 is 5.17. The molecule has 1 unspecified atom stereocenters. The van der Waals surface area contributed by atoms with E-state index in [1.54, 1.807) is 0 Å². The predicted molar refractivity (Wildman–Crippen MR) is 58.5 cm³/mol. The number of ether oxygens (including phenoxy) is 1. The monoisotopic (exact) mass is 237 g/mol. The normalized spacial score (nSPS) is 24.4. The molecule has 5 heteroatoms. The van der Waals surface area contributed by atoms with E-state index in [-0.39, 0.29) is 24.2 Å². The highest BCUT2D eigenvalue weighted by Gasteiger charge is 2.43. The molecule has 0 N–H and O–H groups in total. The molecule has 2 aliphatic rings. The molecule has 5 nitrogen and oxygen atoms in total. The molecule has 0 aromatic carbocycles. The summed E-state index contributed by atoms with van der Waals surface area (Å²) in [4.78, 5) is 35.2. The van der Waals surface area contributed by atoms with Crippen molar-refractivity contribution in [1.29, 1.82) is 0 Å². The third kappa shape index (κ3) is 2.23. The number of nitrogens with zero attached hydrogens (tertiary/aromatic N) is 1. The number of hydrogen-bond acceptors (Lipinski definition) is 4.